The second-order valence-corrected chi connectivity index (χ2v) is 7.03. The first-order valence-electron chi connectivity index (χ1n) is 8.32. The molecule has 0 radical (unpaired) electrons. The van der Waals surface area contributed by atoms with Gasteiger partial charge in [0.1, 0.15) is 23.7 Å². The lowest BCUT2D eigenvalue weighted by molar-refractivity contribution is -0.138. The van der Waals surface area contributed by atoms with Crippen molar-refractivity contribution in [2.75, 3.05) is 0 Å². The summed E-state index contributed by atoms with van der Waals surface area (Å²) in [5, 5.41) is 10.8. The zero-order chi connectivity index (χ0) is 17.6. The molecule has 2 aliphatic rings. The van der Waals surface area contributed by atoms with Crippen LogP contribution in [0.5, 0.6) is 0 Å². The molecule has 1 N–H and O–H groups in total. The van der Waals surface area contributed by atoms with Gasteiger partial charge in [-0.2, -0.15) is 0 Å². The summed E-state index contributed by atoms with van der Waals surface area (Å²) in [5.74, 6) is 0.784. The smallest absolute Gasteiger partial charge is 0.334 e. The van der Waals surface area contributed by atoms with Gasteiger partial charge in [-0.1, -0.05) is 17.7 Å². The molecule has 4 heteroatoms. The van der Waals surface area contributed by atoms with Crippen molar-refractivity contribution in [2.45, 2.75) is 52.7 Å². The lowest BCUT2D eigenvalue weighted by Gasteiger charge is -2.22. The molecule has 4 bridgehead atoms. The molecule has 3 rings (SSSR count). The Hall–Kier alpha value is -2.07. The number of aliphatic hydroxyl groups is 1. The van der Waals surface area contributed by atoms with Crippen molar-refractivity contribution in [1.82, 2.24) is 0 Å². The standard InChI is InChI=1S/C20H24O4/c1-10(2)14-7-6-13-9-16(24-20(13)22)17(11(3)4)15-8-12(5)19(23-15)18(14)21/h8-9,14,16,18,21H,1,6-7H2,2-5H3/t14-,16+,18-/m0/s1. The highest BCUT2D eigenvalue weighted by Crippen LogP contribution is 2.40. The molecule has 24 heavy (non-hydrogen) atoms. The second kappa shape index (κ2) is 6.10. The van der Waals surface area contributed by atoms with Gasteiger partial charge in [-0.05, 0) is 58.2 Å². The van der Waals surface area contributed by atoms with E-state index >= 15 is 0 Å². The van der Waals surface area contributed by atoms with Crippen molar-refractivity contribution in [3.8, 4) is 0 Å². The topological polar surface area (TPSA) is 59.7 Å². The number of allylic oxidation sites excluding steroid dienone is 1. The highest BCUT2D eigenvalue weighted by molar-refractivity contribution is 5.93. The molecule has 0 fully saturated rings. The fraction of sp³-hybridized carbons (Fsp3) is 0.450. The Labute approximate surface area is 142 Å². The molecule has 0 aliphatic carbocycles. The van der Waals surface area contributed by atoms with Gasteiger partial charge in [0, 0.05) is 17.1 Å². The monoisotopic (exact) mass is 328 g/mol. The Kier molecular flexibility index (Phi) is 4.26. The minimum absolute atomic E-state index is 0.163. The van der Waals surface area contributed by atoms with Crippen LogP contribution in [0.3, 0.4) is 0 Å². The molecule has 0 saturated carbocycles. The minimum Gasteiger partial charge on any atom is -0.458 e. The lowest BCUT2D eigenvalue weighted by atomic mass is 9.86. The number of rotatable bonds is 1. The zero-order valence-corrected chi connectivity index (χ0v) is 14.7. The molecule has 0 unspecified atom stereocenters. The third-order valence-corrected chi connectivity index (χ3v) is 4.90. The van der Waals surface area contributed by atoms with Crippen molar-refractivity contribution in [2.24, 2.45) is 5.92 Å². The first-order valence-corrected chi connectivity index (χ1v) is 8.32. The maximum Gasteiger partial charge on any atom is 0.334 e. The molecule has 4 nitrogen and oxygen atoms in total. The summed E-state index contributed by atoms with van der Waals surface area (Å²) in [7, 11) is 0. The molecule has 0 spiro atoms. The first-order chi connectivity index (χ1) is 11.3. The molecule has 0 aromatic carbocycles. The number of carbonyl (C=O) groups is 1. The number of aliphatic hydroxyl groups excluding tert-OH is 1. The summed E-state index contributed by atoms with van der Waals surface area (Å²) in [6, 6.07) is 1.91. The second-order valence-electron chi connectivity index (χ2n) is 7.03. The molecular formula is C20H24O4. The van der Waals surface area contributed by atoms with Gasteiger partial charge in [-0.3, -0.25) is 0 Å². The predicted octanol–water partition coefficient (Wildman–Crippen LogP) is 4.25. The Morgan fingerprint density at radius 1 is 1.33 bits per heavy atom. The molecule has 1 aromatic heterocycles. The molecule has 0 amide bonds. The van der Waals surface area contributed by atoms with Crippen LogP contribution in [0.15, 0.2) is 39.9 Å². The average Bonchev–Trinajstić information content (AvgIpc) is 3.01. The Morgan fingerprint density at radius 3 is 2.67 bits per heavy atom. The molecule has 128 valence electrons. The van der Waals surface area contributed by atoms with E-state index < -0.39 is 12.2 Å². The normalized spacial score (nSPS) is 26.5. The van der Waals surface area contributed by atoms with Gasteiger partial charge < -0.3 is 14.3 Å². The summed E-state index contributed by atoms with van der Waals surface area (Å²) >= 11 is 0. The highest BCUT2D eigenvalue weighted by atomic mass is 16.5. The average molecular weight is 328 g/mol. The number of furan rings is 1. The highest BCUT2D eigenvalue weighted by Gasteiger charge is 2.35. The number of ether oxygens (including phenoxy) is 1. The van der Waals surface area contributed by atoms with E-state index in [-0.39, 0.29) is 11.9 Å². The van der Waals surface area contributed by atoms with Crippen LogP contribution < -0.4 is 0 Å². The van der Waals surface area contributed by atoms with E-state index in [1.165, 1.54) is 0 Å². The van der Waals surface area contributed by atoms with Crippen LogP contribution in [0.25, 0.3) is 5.57 Å². The number of esters is 1. The molecule has 1 aromatic rings. The Morgan fingerprint density at radius 2 is 2.04 bits per heavy atom. The summed E-state index contributed by atoms with van der Waals surface area (Å²) in [4.78, 5) is 12.2. The van der Waals surface area contributed by atoms with Crippen molar-refractivity contribution in [3.05, 3.63) is 52.5 Å². The van der Waals surface area contributed by atoms with E-state index in [9.17, 15) is 9.90 Å². The number of fused-ring (bicyclic) bond motifs is 3. The van der Waals surface area contributed by atoms with Gasteiger partial charge in [0.25, 0.3) is 0 Å². The van der Waals surface area contributed by atoms with Crippen LogP contribution >= 0.6 is 0 Å². The number of hydrogen-bond acceptors (Lipinski definition) is 4. The molecular weight excluding hydrogens is 304 g/mol. The first kappa shape index (κ1) is 16.8. The summed E-state index contributed by atoms with van der Waals surface area (Å²) in [6.45, 7) is 11.8. The number of carbonyl (C=O) groups excluding carboxylic acids is 1. The van der Waals surface area contributed by atoms with E-state index in [1.807, 2.05) is 39.8 Å². The van der Waals surface area contributed by atoms with Gasteiger partial charge in [0.15, 0.2) is 0 Å². The van der Waals surface area contributed by atoms with E-state index in [0.717, 1.165) is 22.3 Å². The van der Waals surface area contributed by atoms with Crippen LogP contribution in [0.2, 0.25) is 0 Å². The molecule has 3 atom stereocenters. The largest absolute Gasteiger partial charge is 0.458 e. The number of hydrogen-bond donors (Lipinski definition) is 1. The predicted molar refractivity (Wildman–Crippen MR) is 92.2 cm³/mol. The van der Waals surface area contributed by atoms with Crippen molar-refractivity contribution < 1.29 is 19.1 Å². The maximum absolute atomic E-state index is 12.2. The minimum atomic E-state index is -0.761. The summed E-state index contributed by atoms with van der Waals surface area (Å²) in [6.07, 6.45) is 1.89. The van der Waals surface area contributed by atoms with Gasteiger partial charge in [0.2, 0.25) is 0 Å². The van der Waals surface area contributed by atoms with Crippen LogP contribution in [0.4, 0.5) is 0 Å². The lowest BCUT2D eigenvalue weighted by Crippen LogP contribution is -2.16. The molecule has 3 heterocycles. The molecule has 2 aliphatic heterocycles. The number of aryl methyl sites for hydroxylation is 1. The van der Waals surface area contributed by atoms with Gasteiger partial charge in [-0.15, -0.1) is 0 Å². The van der Waals surface area contributed by atoms with Gasteiger partial charge in [-0.25, -0.2) is 4.79 Å². The van der Waals surface area contributed by atoms with E-state index in [1.54, 1.807) is 0 Å². The molecule has 0 saturated heterocycles. The van der Waals surface area contributed by atoms with Crippen LogP contribution in [0, 0.1) is 12.8 Å². The van der Waals surface area contributed by atoms with E-state index in [4.69, 9.17) is 9.15 Å². The SMILES string of the molecule is C=C(C)[C@@H]1CCC2=C[C@@H](OC2=O)C(=C(C)C)c2cc(C)c(o2)[C@H]1O. The Balaban J connectivity index is 2.18. The summed E-state index contributed by atoms with van der Waals surface area (Å²) in [5.41, 5.74) is 4.33. The zero-order valence-electron chi connectivity index (χ0n) is 14.7. The fourth-order valence-electron chi connectivity index (χ4n) is 3.56. The maximum atomic E-state index is 12.2. The van der Waals surface area contributed by atoms with Gasteiger partial charge >= 0.3 is 5.97 Å². The third-order valence-electron chi connectivity index (χ3n) is 4.90. The van der Waals surface area contributed by atoms with Crippen LogP contribution in [-0.2, 0) is 9.53 Å². The van der Waals surface area contributed by atoms with Crippen molar-refractivity contribution in [1.29, 1.82) is 0 Å². The van der Waals surface area contributed by atoms with E-state index in [2.05, 4.69) is 6.58 Å². The fourth-order valence-corrected chi connectivity index (χ4v) is 3.56. The van der Waals surface area contributed by atoms with E-state index in [0.29, 0.717) is 29.9 Å². The van der Waals surface area contributed by atoms with Crippen LogP contribution in [-0.4, -0.2) is 17.2 Å². The van der Waals surface area contributed by atoms with Crippen LogP contribution in [0.1, 0.15) is 56.8 Å². The van der Waals surface area contributed by atoms with Crippen molar-refractivity contribution >= 4 is 11.5 Å². The quantitative estimate of drug-likeness (QED) is 0.618. The third kappa shape index (κ3) is 2.75. The van der Waals surface area contributed by atoms with Gasteiger partial charge in [0.05, 0.1) is 0 Å². The summed E-state index contributed by atoms with van der Waals surface area (Å²) < 4.78 is 11.6. The van der Waals surface area contributed by atoms with Crippen molar-refractivity contribution in [3.63, 3.8) is 0 Å². The Bertz CT molecular complexity index is 759.